The third-order valence-electron chi connectivity index (χ3n) is 5.64. The first-order valence-electron chi connectivity index (χ1n) is 9.55. The van der Waals surface area contributed by atoms with Crippen LogP contribution < -0.4 is 5.43 Å². The predicted molar refractivity (Wildman–Crippen MR) is 107 cm³/mol. The van der Waals surface area contributed by atoms with E-state index in [4.69, 9.17) is 0 Å². The Morgan fingerprint density at radius 1 is 1.23 bits per heavy atom. The Morgan fingerprint density at radius 2 is 2.15 bits per heavy atom. The van der Waals surface area contributed by atoms with Gasteiger partial charge in [0.15, 0.2) is 5.82 Å². The summed E-state index contributed by atoms with van der Waals surface area (Å²) in [6.07, 6.45) is 12.0. The molecule has 0 saturated carbocycles. The Balaban J connectivity index is 1.43. The summed E-state index contributed by atoms with van der Waals surface area (Å²) < 4.78 is 0. The number of hydrogen-bond acceptors (Lipinski definition) is 5. The zero-order chi connectivity index (χ0) is 17.5. The molecule has 0 fully saturated rings. The summed E-state index contributed by atoms with van der Waals surface area (Å²) in [6, 6.07) is 2.23. The minimum absolute atomic E-state index is 0.625. The van der Waals surface area contributed by atoms with Gasteiger partial charge in [0.25, 0.3) is 0 Å². The van der Waals surface area contributed by atoms with Gasteiger partial charge < -0.3 is 4.98 Å². The van der Waals surface area contributed by atoms with Crippen LogP contribution in [0.25, 0.3) is 10.2 Å². The van der Waals surface area contributed by atoms with Crippen molar-refractivity contribution in [3.63, 3.8) is 0 Å². The van der Waals surface area contributed by atoms with Crippen LogP contribution in [0.5, 0.6) is 0 Å². The Labute approximate surface area is 157 Å². The topological polar surface area (TPSA) is 66.0 Å². The first-order chi connectivity index (χ1) is 12.8. The minimum Gasteiger partial charge on any atom is -0.357 e. The average Bonchev–Trinajstić information content (AvgIpc) is 3.24. The molecule has 26 heavy (non-hydrogen) atoms. The number of H-pyrrole nitrogens is 1. The van der Waals surface area contributed by atoms with E-state index in [1.165, 1.54) is 59.2 Å². The molecule has 0 aliphatic heterocycles. The highest BCUT2D eigenvalue weighted by Gasteiger charge is 2.24. The molecule has 3 aromatic rings. The number of fused-ring (bicyclic) bond motifs is 4. The van der Waals surface area contributed by atoms with E-state index in [-0.39, 0.29) is 0 Å². The number of hydrogen-bond donors (Lipinski definition) is 2. The maximum absolute atomic E-state index is 4.50. The molecule has 3 heterocycles. The molecular formula is C20H23N5S. The van der Waals surface area contributed by atoms with E-state index in [0.29, 0.717) is 5.92 Å². The second-order valence-electron chi connectivity index (χ2n) is 7.45. The fourth-order valence-corrected chi connectivity index (χ4v) is 5.59. The molecule has 0 amide bonds. The van der Waals surface area contributed by atoms with Gasteiger partial charge in [0.05, 0.1) is 17.3 Å². The molecule has 0 radical (unpaired) electrons. The van der Waals surface area contributed by atoms with Gasteiger partial charge in [-0.2, -0.15) is 5.10 Å². The molecule has 6 heteroatoms. The third-order valence-corrected chi connectivity index (χ3v) is 7.01. The number of aromatic amines is 1. The van der Waals surface area contributed by atoms with Crippen molar-refractivity contribution in [3.8, 4) is 0 Å². The summed E-state index contributed by atoms with van der Waals surface area (Å²) in [7, 11) is 0. The average molecular weight is 366 g/mol. The third kappa shape index (κ3) is 2.72. The van der Waals surface area contributed by atoms with E-state index >= 15 is 0 Å². The van der Waals surface area contributed by atoms with E-state index in [1.54, 1.807) is 6.33 Å². The molecule has 3 aromatic heterocycles. The number of nitrogens with zero attached hydrogens (tertiary/aromatic N) is 3. The van der Waals surface area contributed by atoms with E-state index < -0.39 is 0 Å². The predicted octanol–water partition coefficient (Wildman–Crippen LogP) is 4.78. The number of aromatic nitrogens is 3. The lowest BCUT2D eigenvalue weighted by Crippen LogP contribution is -2.04. The number of aryl methyl sites for hydroxylation is 3. The standard InChI is InChI=1S/C20H23N5S/c1-12-5-4-7-15-17-19(21-11-22-20(17)26-18(12)15)25-23-10-14-9-13-6-2-3-8-16(13)24-14/h9-12,24H,2-8H2,1H3,(H,21,22,25)/b23-10+. The van der Waals surface area contributed by atoms with Crippen molar-refractivity contribution in [1.29, 1.82) is 0 Å². The maximum atomic E-state index is 4.50. The Bertz CT molecular complexity index is 960. The van der Waals surface area contributed by atoms with Gasteiger partial charge in [-0.1, -0.05) is 6.92 Å². The fraction of sp³-hybridized carbons (Fsp3) is 0.450. The van der Waals surface area contributed by atoms with E-state index in [0.717, 1.165) is 29.2 Å². The normalized spacial score (nSPS) is 19.7. The van der Waals surface area contributed by atoms with Crippen molar-refractivity contribution in [2.24, 2.45) is 5.10 Å². The van der Waals surface area contributed by atoms with Gasteiger partial charge in [-0.05, 0) is 68.1 Å². The number of nitrogens with one attached hydrogen (secondary N) is 2. The van der Waals surface area contributed by atoms with Crippen LogP contribution in [0.15, 0.2) is 17.5 Å². The molecule has 0 aromatic carbocycles. The van der Waals surface area contributed by atoms with E-state index in [1.807, 2.05) is 17.6 Å². The van der Waals surface area contributed by atoms with Gasteiger partial charge in [-0.15, -0.1) is 11.3 Å². The molecule has 2 aliphatic carbocycles. The fourth-order valence-electron chi connectivity index (χ4n) is 4.32. The molecule has 1 atom stereocenters. The summed E-state index contributed by atoms with van der Waals surface area (Å²) in [5.74, 6) is 1.45. The van der Waals surface area contributed by atoms with Crippen molar-refractivity contribution in [2.75, 3.05) is 5.43 Å². The minimum atomic E-state index is 0.625. The zero-order valence-corrected chi connectivity index (χ0v) is 15.8. The van der Waals surface area contributed by atoms with Crippen molar-refractivity contribution >= 4 is 33.6 Å². The lowest BCUT2D eigenvalue weighted by atomic mass is 9.89. The largest absolute Gasteiger partial charge is 0.357 e. The van der Waals surface area contributed by atoms with E-state index in [2.05, 4.69) is 38.5 Å². The molecular weight excluding hydrogens is 342 g/mol. The van der Waals surface area contributed by atoms with Crippen LogP contribution in [-0.2, 0) is 19.3 Å². The first-order valence-corrected chi connectivity index (χ1v) is 10.4. The number of anilines is 1. The number of hydrazone groups is 1. The summed E-state index contributed by atoms with van der Waals surface area (Å²) in [5, 5.41) is 5.63. The van der Waals surface area contributed by atoms with Gasteiger partial charge in [-0.25, -0.2) is 9.97 Å². The molecule has 2 aliphatic rings. The summed E-state index contributed by atoms with van der Waals surface area (Å²) >= 11 is 1.82. The Hall–Kier alpha value is -2.21. The lowest BCUT2D eigenvalue weighted by molar-refractivity contribution is 0.604. The highest BCUT2D eigenvalue weighted by molar-refractivity contribution is 7.19. The SMILES string of the molecule is CC1CCCc2c1sc1ncnc(N/N=C/c3cc4c([nH]3)CCCC4)c21. The first kappa shape index (κ1) is 16.0. The molecule has 0 spiro atoms. The van der Waals surface area contributed by atoms with Crippen LogP contribution in [0.1, 0.15) is 65.9 Å². The molecule has 0 saturated heterocycles. The quantitative estimate of drug-likeness (QED) is 0.518. The monoisotopic (exact) mass is 365 g/mol. The molecule has 134 valence electrons. The zero-order valence-electron chi connectivity index (χ0n) is 15.0. The van der Waals surface area contributed by atoms with Crippen molar-refractivity contribution in [1.82, 2.24) is 15.0 Å². The summed E-state index contributed by atoms with van der Waals surface area (Å²) in [4.78, 5) is 15.0. The molecule has 5 nitrogen and oxygen atoms in total. The van der Waals surface area contributed by atoms with Crippen LogP contribution >= 0.6 is 11.3 Å². The van der Waals surface area contributed by atoms with Crippen LogP contribution in [0, 0.1) is 0 Å². The summed E-state index contributed by atoms with van der Waals surface area (Å²) in [5.41, 5.74) is 8.49. The smallest absolute Gasteiger partial charge is 0.158 e. The molecule has 1 unspecified atom stereocenters. The second kappa shape index (κ2) is 6.50. The highest BCUT2D eigenvalue weighted by Crippen LogP contribution is 2.43. The molecule has 0 bridgehead atoms. The van der Waals surface area contributed by atoms with Crippen LogP contribution in [-0.4, -0.2) is 21.2 Å². The Kier molecular flexibility index (Phi) is 4.00. The van der Waals surface area contributed by atoms with Crippen LogP contribution in [0.3, 0.4) is 0 Å². The van der Waals surface area contributed by atoms with E-state index in [9.17, 15) is 0 Å². The number of rotatable bonds is 3. The van der Waals surface area contributed by atoms with Crippen molar-refractivity contribution in [2.45, 2.75) is 57.8 Å². The van der Waals surface area contributed by atoms with Crippen molar-refractivity contribution in [3.05, 3.63) is 39.8 Å². The van der Waals surface area contributed by atoms with Gasteiger partial charge in [0, 0.05) is 10.6 Å². The van der Waals surface area contributed by atoms with Crippen LogP contribution in [0.4, 0.5) is 5.82 Å². The molecule has 2 N–H and O–H groups in total. The number of thiophene rings is 1. The molecule has 5 rings (SSSR count). The lowest BCUT2D eigenvalue weighted by Gasteiger charge is -2.18. The van der Waals surface area contributed by atoms with Gasteiger partial charge in [0.1, 0.15) is 11.2 Å². The second-order valence-corrected chi connectivity index (χ2v) is 8.48. The van der Waals surface area contributed by atoms with Crippen LogP contribution in [0.2, 0.25) is 0 Å². The Morgan fingerprint density at radius 3 is 3.08 bits per heavy atom. The summed E-state index contributed by atoms with van der Waals surface area (Å²) in [6.45, 7) is 2.32. The van der Waals surface area contributed by atoms with Gasteiger partial charge in [0.2, 0.25) is 0 Å². The maximum Gasteiger partial charge on any atom is 0.158 e. The van der Waals surface area contributed by atoms with Gasteiger partial charge >= 0.3 is 0 Å². The van der Waals surface area contributed by atoms with Gasteiger partial charge in [-0.3, -0.25) is 5.43 Å². The van der Waals surface area contributed by atoms with Crippen molar-refractivity contribution < 1.29 is 0 Å². The highest BCUT2D eigenvalue weighted by atomic mass is 32.1.